The van der Waals surface area contributed by atoms with E-state index in [9.17, 15) is 4.79 Å². The van der Waals surface area contributed by atoms with Crippen LogP contribution in [-0.4, -0.2) is 49.9 Å². The minimum absolute atomic E-state index is 0.0210. The highest BCUT2D eigenvalue weighted by Crippen LogP contribution is 2.16. The Morgan fingerprint density at radius 1 is 1.41 bits per heavy atom. The summed E-state index contributed by atoms with van der Waals surface area (Å²) in [5, 5.41) is 0. The number of ether oxygens (including phenoxy) is 2. The molecular weight excluding hydrogens is 220 g/mol. The van der Waals surface area contributed by atoms with Gasteiger partial charge in [0.2, 0.25) is 5.91 Å². The van der Waals surface area contributed by atoms with E-state index < -0.39 is 0 Å². The Morgan fingerprint density at radius 3 is 2.53 bits per heavy atom. The van der Waals surface area contributed by atoms with Gasteiger partial charge in [0.25, 0.3) is 0 Å². The third-order valence-corrected chi connectivity index (χ3v) is 3.06. The van der Waals surface area contributed by atoms with Gasteiger partial charge in [-0.1, -0.05) is 0 Å². The van der Waals surface area contributed by atoms with Crippen LogP contribution in [0.5, 0.6) is 0 Å². The third-order valence-electron chi connectivity index (χ3n) is 3.06. The number of nitrogens with zero attached hydrogens (tertiary/aromatic N) is 1. The average Bonchev–Trinajstić information content (AvgIpc) is 2.75. The molecule has 0 saturated carbocycles. The molecule has 1 amide bonds. The van der Waals surface area contributed by atoms with E-state index in [-0.39, 0.29) is 18.1 Å². The van der Waals surface area contributed by atoms with Crippen LogP contribution in [0.15, 0.2) is 0 Å². The van der Waals surface area contributed by atoms with Gasteiger partial charge in [-0.15, -0.1) is 0 Å². The largest absolute Gasteiger partial charge is 0.369 e. The zero-order valence-electron chi connectivity index (χ0n) is 10.9. The fraction of sp³-hybridized carbons (Fsp3) is 0.917. The van der Waals surface area contributed by atoms with E-state index in [1.807, 2.05) is 13.8 Å². The highest BCUT2D eigenvalue weighted by atomic mass is 16.7. The first-order valence-electron chi connectivity index (χ1n) is 6.42. The van der Waals surface area contributed by atoms with Crippen LogP contribution in [0.1, 0.15) is 26.7 Å². The molecule has 1 fully saturated rings. The van der Waals surface area contributed by atoms with Gasteiger partial charge in [-0.3, -0.25) is 4.79 Å². The summed E-state index contributed by atoms with van der Waals surface area (Å²) < 4.78 is 11.0. The number of hydrogen-bond donors (Lipinski definition) is 1. The number of likely N-dealkylation sites (tertiary alicyclic amines) is 1. The lowest BCUT2D eigenvalue weighted by Crippen LogP contribution is -2.30. The number of amides is 1. The van der Waals surface area contributed by atoms with Crippen molar-refractivity contribution in [2.75, 3.05) is 32.8 Å². The molecule has 2 N–H and O–H groups in total. The topological polar surface area (TPSA) is 64.8 Å². The smallest absolute Gasteiger partial charge is 0.221 e. The van der Waals surface area contributed by atoms with E-state index >= 15 is 0 Å². The molecule has 0 aromatic heterocycles. The van der Waals surface area contributed by atoms with Crippen molar-refractivity contribution in [2.45, 2.75) is 33.0 Å². The van der Waals surface area contributed by atoms with Gasteiger partial charge in [-0.25, -0.2) is 0 Å². The highest BCUT2D eigenvalue weighted by molar-refractivity contribution is 5.77. The van der Waals surface area contributed by atoms with Crippen LogP contribution >= 0.6 is 0 Å². The van der Waals surface area contributed by atoms with E-state index in [0.717, 1.165) is 32.5 Å². The van der Waals surface area contributed by atoms with E-state index in [1.165, 1.54) is 0 Å². The third kappa shape index (κ3) is 5.02. The van der Waals surface area contributed by atoms with Gasteiger partial charge >= 0.3 is 0 Å². The summed E-state index contributed by atoms with van der Waals surface area (Å²) >= 11 is 0. The molecule has 0 bridgehead atoms. The van der Waals surface area contributed by atoms with Crippen molar-refractivity contribution < 1.29 is 14.3 Å². The molecule has 5 heteroatoms. The Bertz CT molecular complexity index is 230. The second-order valence-corrected chi connectivity index (χ2v) is 4.32. The lowest BCUT2D eigenvalue weighted by atomic mass is 10.1. The fourth-order valence-corrected chi connectivity index (χ4v) is 2.14. The minimum atomic E-state index is -0.182. The molecular formula is C12H24N2O3. The second-order valence-electron chi connectivity index (χ2n) is 4.32. The molecule has 17 heavy (non-hydrogen) atoms. The highest BCUT2D eigenvalue weighted by Gasteiger charge is 2.26. The van der Waals surface area contributed by atoms with E-state index in [4.69, 9.17) is 15.2 Å². The van der Waals surface area contributed by atoms with Crippen molar-refractivity contribution in [2.24, 2.45) is 11.7 Å². The molecule has 0 aromatic rings. The van der Waals surface area contributed by atoms with Crippen molar-refractivity contribution in [1.29, 1.82) is 0 Å². The Kier molecular flexibility index (Phi) is 6.47. The number of carbonyl (C=O) groups excluding carboxylic acids is 1. The van der Waals surface area contributed by atoms with Crippen LogP contribution in [0.2, 0.25) is 0 Å². The summed E-state index contributed by atoms with van der Waals surface area (Å²) in [7, 11) is 0. The lowest BCUT2D eigenvalue weighted by Gasteiger charge is -2.21. The molecule has 1 heterocycles. The average molecular weight is 244 g/mol. The molecule has 0 aromatic carbocycles. The van der Waals surface area contributed by atoms with Crippen LogP contribution in [0.4, 0.5) is 0 Å². The normalized spacial score (nSPS) is 21.2. The van der Waals surface area contributed by atoms with Crippen molar-refractivity contribution in [3.05, 3.63) is 0 Å². The summed E-state index contributed by atoms with van der Waals surface area (Å²) in [6.07, 6.45) is 1.59. The predicted octanol–water partition coefficient (Wildman–Crippen LogP) is 0.583. The molecule has 1 unspecified atom stereocenters. The van der Waals surface area contributed by atoms with Crippen molar-refractivity contribution in [1.82, 2.24) is 4.90 Å². The lowest BCUT2D eigenvalue weighted by molar-refractivity contribution is -0.141. The summed E-state index contributed by atoms with van der Waals surface area (Å²) in [6.45, 7) is 7.87. The first-order chi connectivity index (χ1) is 8.17. The van der Waals surface area contributed by atoms with Crippen molar-refractivity contribution >= 4 is 5.91 Å². The van der Waals surface area contributed by atoms with Gasteiger partial charge in [0.1, 0.15) is 0 Å². The number of primary amides is 1. The molecule has 0 spiro atoms. The monoisotopic (exact) mass is 244 g/mol. The molecule has 1 atom stereocenters. The van der Waals surface area contributed by atoms with Crippen LogP contribution < -0.4 is 5.73 Å². The first kappa shape index (κ1) is 14.4. The molecule has 100 valence electrons. The summed E-state index contributed by atoms with van der Waals surface area (Å²) in [6, 6.07) is 0. The fourth-order valence-electron chi connectivity index (χ4n) is 2.14. The molecule has 1 rings (SSSR count). The standard InChI is InChI=1S/C12H24N2O3/c1-3-16-11(17-4-2)6-8-14-7-5-10(9-14)12(13)15/h10-11H,3-9H2,1-2H3,(H2,13,15). The van der Waals surface area contributed by atoms with Gasteiger partial charge in [-0.05, 0) is 26.8 Å². The van der Waals surface area contributed by atoms with E-state index in [2.05, 4.69) is 4.90 Å². The molecule has 1 saturated heterocycles. The van der Waals surface area contributed by atoms with Crippen LogP contribution in [-0.2, 0) is 14.3 Å². The Hall–Kier alpha value is -0.650. The number of carbonyl (C=O) groups is 1. The number of rotatable bonds is 8. The molecule has 1 aliphatic rings. The van der Waals surface area contributed by atoms with E-state index in [1.54, 1.807) is 0 Å². The maximum Gasteiger partial charge on any atom is 0.221 e. The quantitative estimate of drug-likeness (QED) is 0.634. The van der Waals surface area contributed by atoms with Crippen LogP contribution in [0.3, 0.4) is 0 Å². The van der Waals surface area contributed by atoms with Crippen molar-refractivity contribution in [3.8, 4) is 0 Å². The first-order valence-corrected chi connectivity index (χ1v) is 6.42. The zero-order chi connectivity index (χ0) is 12.7. The maximum absolute atomic E-state index is 11.0. The maximum atomic E-state index is 11.0. The molecule has 5 nitrogen and oxygen atoms in total. The summed E-state index contributed by atoms with van der Waals surface area (Å²) in [5.41, 5.74) is 5.30. The van der Waals surface area contributed by atoms with Crippen LogP contribution in [0, 0.1) is 5.92 Å². The minimum Gasteiger partial charge on any atom is -0.369 e. The molecule has 1 aliphatic heterocycles. The number of nitrogens with two attached hydrogens (primary N) is 1. The van der Waals surface area contributed by atoms with Gasteiger partial charge in [0.15, 0.2) is 6.29 Å². The zero-order valence-corrected chi connectivity index (χ0v) is 10.9. The van der Waals surface area contributed by atoms with Gasteiger partial charge in [-0.2, -0.15) is 0 Å². The van der Waals surface area contributed by atoms with Crippen molar-refractivity contribution in [3.63, 3.8) is 0 Å². The van der Waals surface area contributed by atoms with Crippen LogP contribution in [0.25, 0.3) is 0 Å². The van der Waals surface area contributed by atoms with Gasteiger partial charge in [0.05, 0.1) is 5.92 Å². The SMILES string of the molecule is CCOC(CCN1CCC(C(N)=O)C1)OCC. The van der Waals surface area contributed by atoms with E-state index in [0.29, 0.717) is 13.2 Å². The predicted molar refractivity (Wildman–Crippen MR) is 65.4 cm³/mol. The number of hydrogen-bond acceptors (Lipinski definition) is 4. The Balaban J connectivity index is 2.23. The molecule has 0 radical (unpaired) electrons. The van der Waals surface area contributed by atoms with Gasteiger partial charge < -0.3 is 20.1 Å². The van der Waals surface area contributed by atoms with Gasteiger partial charge in [0, 0.05) is 32.7 Å². The Morgan fingerprint density at radius 2 is 2.06 bits per heavy atom. The Labute approximate surface area is 103 Å². The second kappa shape index (κ2) is 7.63. The molecule has 0 aliphatic carbocycles. The summed E-state index contributed by atoms with van der Waals surface area (Å²) in [4.78, 5) is 13.3. The summed E-state index contributed by atoms with van der Waals surface area (Å²) in [5.74, 6) is -0.161.